The lowest BCUT2D eigenvalue weighted by Gasteiger charge is -2.23. The highest BCUT2D eigenvalue weighted by atomic mass is 16.6. The summed E-state index contributed by atoms with van der Waals surface area (Å²) in [4.78, 5) is 34.2. The first-order chi connectivity index (χ1) is 12.5. The largest absolute Gasteiger partial charge is 0.477 e. The highest BCUT2D eigenvalue weighted by Gasteiger charge is 2.20. The number of unbranched alkanes of at least 4 members (excludes halogenated alkanes) is 2. The van der Waals surface area contributed by atoms with Gasteiger partial charge in [-0.3, -0.25) is 10.1 Å². The molecule has 7 nitrogen and oxygen atoms in total. The molecule has 0 saturated heterocycles. The molecule has 7 heteroatoms. The average molecular weight is 386 g/mol. The number of aliphatic carboxylic acids is 1. The van der Waals surface area contributed by atoms with Gasteiger partial charge in [-0.15, -0.1) is 0 Å². The van der Waals surface area contributed by atoms with Gasteiger partial charge in [-0.05, 0) is 59.3 Å². The molecule has 0 aromatic carbocycles. The van der Waals surface area contributed by atoms with Crippen LogP contribution in [0.15, 0.2) is 11.8 Å². The van der Waals surface area contributed by atoms with Crippen LogP contribution in [0.1, 0.15) is 80.1 Å². The standard InChI is InChI=1S/C20H35NO6/c1-7-8-11-16(14(2)26-15(3)22)12-9-10-13-17(18(23)24)21-19(25)27-20(4,5)6/h13-14,16H,7-12H2,1-6H3,(H,21,25)(H,23,24)/b17-13-/t14-,16?/m0/s1. The molecular formula is C20H35NO6. The fourth-order valence-corrected chi connectivity index (χ4v) is 2.67. The monoisotopic (exact) mass is 385 g/mol. The van der Waals surface area contributed by atoms with Crippen LogP contribution < -0.4 is 5.32 Å². The first-order valence-corrected chi connectivity index (χ1v) is 9.57. The van der Waals surface area contributed by atoms with Gasteiger partial charge in [0.1, 0.15) is 17.4 Å². The molecule has 2 atom stereocenters. The lowest BCUT2D eigenvalue weighted by molar-refractivity contribution is -0.148. The van der Waals surface area contributed by atoms with E-state index in [1.165, 1.54) is 13.0 Å². The Labute approximate surface area is 162 Å². The maximum atomic E-state index is 11.7. The Morgan fingerprint density at radius 2 is 1.74 bits per heavy atom. The van der Waals surface area contributed by atoms with Gasteiger partial charge in [0, 0.05) is 6.92 Å². The zero-order chi connectivity index (χ0) is 21.0. The molecule has 0 aliphatic rings. The number of alkyl carbamates (subject to hydrolysis) is 1. The smallest absolute Gasteiger partial charge is 0.412 e. The Morgan fingerprint density at radius 3 is 2.22 bits per heavy atom. The minimum Gasteiger partial charge on any atom is -0.477 e. The number of amides is 1. The highest BCUT2D eigenvalue weighted by molar-refractivity contribution is 5.90. The summed E-state index contributed by atoms with van der Waals surface area (Å²) in [5.41, 5.74) is -0.894. The molecule has 0 aliphatic carbocycles. The maximum Gasteiger partial charge on any atom is 0.412 e. The molecule has 0 radical (unpaired) electrons. The lowest BCUT2D eigenvalue weighted by Crippen LogP contribution is -2.34. The minimum atomic E-state index is -1.21. The van der Waals surface area contributed by atoms with E-state index in [0.717, 1.165) is 32.1 Å². The van der Waals surface area contributed by atoms with Crippen molar-refractivity contribution in [2.45, 2.75) is 91.8 Å². The van der Waals surface area contributed by atoms with Gasteiger partial charge in [0.25, 0.3) is 0 Å². The Kier molecular flexibility index (Phi) is 11.4. The average Bonchev–Trinajstić information content (AvgIpc) is 2.50. The molecule has 0 heterocycles. The van der Waals surface area contributed by atoms with Crippen molar-refractivity contribution in [2.75, 3.05) is 0 Å². The number of hydrogen-bond acceptors (Lipinski definition) is 5. The molecule has 0 saturated carbocycles. The first-order valence-electron chi connectivity index (χ1n) is 9.57. The van der Waals surface area contributed by atoms with E-state index in [0.29, 0.717) is 6.42 Å². The molecular weight excluding hydrogens is 350 g/mol. The summed E-state index contributed by atoms with van der Waals surface area (Å²) in [5.74, 6) is -1.27. The summed E-state index contributed by atoms with van der Waals surface area (Å²) >= 11 is 0. The fourth-order valence-electron chi connectivity index (χ4n) is 2.67. The molecule has 0 bridgehead atoms. The van der Waals surface area contributed by atoms with Crippen LogP contribution in [0.25, 0.3) is 0 Å². The number of ether oxygens (including phenoxy) is 2. The van der Waals surface area contributed by atoms with Gasteiger partial charge in [-0.2, -0.15) is 0 Å². The van der Waals surface area contributed by atoms with Crippen molar-refractivity contribution < 1.29 is 29.0 Å². The molecule has 1 unspecified atom stereocenters. The molecule has 0 aromatic heterocycles. The van der Waals surface area contributed by atoms with E-state index >= 15 is 0 Å². The number of carboxylic acid groups (broad SMARTS) is 1. The van der Waals surface area contributed by atoms with Crippen molar-refractivity contribution in [3.05, 3.63) is 11.8 Å². The summed E-state index contributed by atoms with van der Waals surface area (Å²) < 4.78 is 10.4. The van der Waals surface area contributed by atoms with Gasteiger partial charge >= 0.3 is 18.0 Å². The first kappa shape index (κ1) is 24.9. The van der Waals surface area contributed by atoms with Crippen LogP contribution in [0.3, 0.4) is 0 Å². The Bertz CT molecular complexity index is 521. The number of rotatable bonds is 11. The maximum absolute atomic E-state index is 11.7. The van der Waals surface area contributed by atoms with Crippen LogP contribution in [-0.2, 0) is 19.1 Å². The van der Waals surface area contributed by atoms with Gasteiger partial charge in [-0.25, -0.2) is 9.59 Å². The third-order valence-corrected chi connectivity index (χ3v) is 3.94. The SMILES string of the molecule is CCCCC(CCC/C=C(\NC(=O)OC(C)(C)C)C(=O)O)[C@H](C)OC(C)=O. The van der Waals surface area contributed by atoms with E-state index in [1.807, 2.05) is 6.92 Å². The zero-order valence-electron chi connectivity index (χ0n) is 17.5. The molecule has 1 amide bonds. The topological polar surface area (TPSA) is 102 Å². The van der Waals surface area contributed by atoms with E-state index in [-0.39, 0.29) is 23.7 Å². The number of hydrogen-bond donors (Lipinski definition) is 2. The predicted molar refractivity (Wildman–Crippen MR) is 103 cm³/mol. The lowest BCUT2D eigenvalue weighted by atomic mass is 9.91. The quantitative estimate of drug-likeness (QED) is 0.310. The van der Waals surface area contributed by atoms with Crippen LogP contribution in [-0.4, -0.2) is 34.8 Å². The molecule has 27 heavy (non-hydrogen) atoms. The van der Waals surface area contributed by atoms with E-state index in [9.17, 15) is 19.5 Å². The van der Waals surface area contributed by atoms with Crippen molar-refractivity contribution in [3.63, 3.8) is 0 Å². The van der Waals surface area contributed by atoms with Crippen LogP contribution in [0.2, 0.25) is 0 Å². The number of carbonyl (C=O) groups excluding carboxylic acids is 2. The number of nitrogens with one attached hydrogen (secondary N) is 1. The number of allylic oxidation sites excluding steroid dienone is 1. The second-order valence-electron chi connectivity index (χ2n) is 7.70. The van der Waals surface area contributed by atoms with Crippen LogP contribution in [0.4, 0.5) is 4.79 Å². The van der Waals surface area contributed by atoms with Crippen molar-refractivity contribution >= 4 is 18.0 Å². The fraction of sp³-hybridized carbons (Fsp3) is 0.750. The van der Waals surface area contributed by atoms with Crippen LogP contribution in [0.5, 0.6) is 0 Å². The molecule has 0 spiro atoms. The molecule has 2 N–H and O–H groups in total. The molecule has 156 valence electrons. The number of esters is 1. The molecule has 0 aromatic rings. The summed E-state index contributed by atoms with van der Waals surface area (Å²) in [6.07, 6.45) is 5.62. The van der Waals surface area contributed by atoms with Gasteiger partial charge < -0.3 is 14.6 Å². The Hall–Kier alpha value is -2.05. The third kappa shape index (κ3) is 12.9. The van der Waals surface area contributed by atoms with E-state index in [2.05, 4.69) is 12.2 Å². The third-order valence-electron chi connectivity index (χ3n) is 3.94. The van der Waals surface area contributed by atoms with Gasteiger partial charge in [0.15, 0.2) is 0 Å². The molecule has 0 fully saturated rings. The highest BCUT2D eigenvalue weighted by Crippen LogP contribution is 2.22. The van der Waals surface area contributed by atoms with E-state index in [1.54, 1.807) is 20.8 Å². The zero-order valence-corrected chi connectivity index (χ0v) is 17.5. The van der Waals surface area contributed by atoms with Crippen molar-refractivity contribution in [2.24, 2.45) is 5.92 Å². The number of carbonyl (C=O) groups is 3. The second-order valence-corrected chi connectivity index (χ2v) is 7.70. The Balaban J connectivity index is 4.69. The normalized spacial score (nSPS) is 14.2. The van der Waals surface area contributed by atoms with Gasteiger partial charge in [-0.1, -0.05) is 25.8 Å². The molecule has 0 rings (SSSR count). The Morgan fingerprint density at radius 1 is 1.15 bits per heavy atom. The second kappa shape index (κ2) is 12.4. The van der Waals surface area contributed by atoms with E-state index < -0.39 is 17.7 Å². The summed E-state index contributed by atoms with van der Waals surface area (Å²) in [7, 11) is 0. The van der Waals surface area contributed by atoms with Crippen LogP contribution >= 0.6 is 0 Å². The predicted octanol–water partition coefficient (Wildman–Crippen LogP) is 4.41. The van der Waals surface area contributed by atoms with Gasteiger partial charge in [0.05, 0.1) is 0 Å². The van der Waals surface area contributed by atoms with E-state index in [4.69, 9.17) is 9.47 Å². The minimum absolute atomic E-state index is 0.170. The number of carboxylic acids is 1. The summed E-state index contributed by atoms with van der Waals surface area (Å²) in [6.45, 7) is 10.5. The molecule has 0 aliphatic heterocycles. The van der Waals surface area contributed by atoms with Gasteiger partial charge in [0.2, 0.25) is 0 Å². The summed E-state index contributed by atoms with van der Waals surface area (Å²) in [5, 5.41) is 11.5. The summed E-state index contributed by atoms with van der Waals surface area (Å²) in [6, 6.07) is 0. The van der Waals surface area contributed by atoms with Crippen molar-refractivity contribution in [3.8, 4) is 0 Å². The van der Waals surface area contributed by atoms with Crippen molar-refractivity contribution in [1.82, 2.24) is 5.32 Å². The van der Waals surface area contributed by atoms with Crippen molar-refractivity contribution in [1.29, 1.82) is 0 Å². The van der Waals surface area contributed by atoms with Crippen LogP contribution in [0, 0.1) is 5.92 Å².